The Kier molecular flexibility index (Phi) is 6.64. The molecule has 1 aromatic heterocycles. The summed E-state index contributed by atoms with van der Waals surface area (Å²) in [6, 6.07) is 13.9. The van der Waals surface area contributed by atoms with Crippen LogP contribution in [0.3, 0.4) is 0 Å². The number of nitrogens with one attached hydrogen (secondary N) is 2. The first-order chi connectivity index (χ1) is 13.4. The molecule has 0 saturated carbocycles. The quantitative estimate of drug-likeness (QED) is 0.525. The van der Waals surface area contributed by atoms with Gasteiger partial charge in [0.1, 0.15) is 5.82 Å². The van der Waals surface area contributed by atoms with Crippen molar-refractivity contribution < 1.29 is 9.18 Å². The minimum absolute atomic E-state index is 0.106. The second-order valence-electron chi connectivity index (χ2n) is 6.41. The Morgan fingerprint density at radius 2 is 1.89 bits per heavy atom. The maximum atomic E-state index is 13.0. The van der Waals surface area contributed by atoms with Crippen LogP contribution < -0.4 is 10.6 Å². The van der Waals surface area contributed by atoms with E-state index in [1.165, 1.54) is 35.2 Å². The van der Waals surface area contributed by atoms with Gasteiger partial charge in [-0.15, -0.1) is 10.2 Å². The van der Waals surface area contributed by atoms with Crippen molar-refractivity contribution in [2.45, 2.75) is 36.4 Å². The smallest absolute Gasteiger partial charge is 0.233 e. The highest BCUT2D eigenvalue weighted by atomic mass is 32.2. The highest BCUT2D eigenvalue weighted by Gasteiger charge is 2.19. The lowest BCUT2D eigenvalue weighted by Crippen LogP contribution is -2.33. The number of benzene rings is 2. The topological polar surface area (TPSA) is 66.9 Å². The van der Waals surface area contributed by atoms with Gasteiger partial charge in [-0.2, -0.15) is 0 Å². The SMILES string of the molecule is Cc1cccc(Nc2nnc(SC(C)C(=O)NC(C)c3ccc(F)cc3)s2)c1. The Balaban J connectivity index is 1.55. The first kappa shape index (κ1) is 20.3. The minimum Gasteiger partial charge on any atom is -0.349 e. The van der Waals surface area contributed by atoms with Crippen molar-refractivity contribution >= 4 is 39.8 Å². The Morgan fingerprint density at radius 1 is 1.14 bits per heavy atom. The Morgan fingerprint density at radius 3 is 2.61 bits per heavy atom. The summed E-state index contributed by atoms with van der Waals surface area (Å²) in [5.41, 5.74) is 2.96. The Bertz CT molecular complexity index is 945. The first-order valence-electron chi connectivity index (χ1n) is 8.80. The molecule has 0 spiro atoms. The van der Waals surface area contributed by atoms with Gasteiger partial charge in [-0.05, 0) is 56.2 Å². The maximum Gasteiger partial charge on any atom is 0.233 e. The Hall–Kier alpha value is -2.45. The summed E-state index contributed by atoms with van der Waals surface area (Å²) in [5, 5.41) is 14.8. The number of aromatic nitrogens is 2. The molecule has 2 N–H and O–H groups in total. The molecular weight excluding hydrogens is 395 g/mol. The highest BCUT2D eigenvalue weighted by molar-refractivity contribution is 8.02. The molecule has 0 aliphatic carbocycles. The third-order valence-corrected chi connectivity index (χ3v) is 6.07. The van der Waals surface area contributed by atoms with E-state index in [1.807, 2.05) is 45.0 Å². The molecule has 1 amide bonds. The molecule has 146 valence electrons. The summed E-state index contributed by atoms with van der Waals surface area (Å²) in [5.74, 6) is -0.400. The third kappa shape index (κ3) is 5.53. The van der Waals surface area contributed by atoms with Crippen molar-refractivity contribution in [2.24, 2.45) is 0 Å². The van der Waals surface area contributed by atoms with E-state index in [-0.39, 0.29) is 23.0 Å². The number of thioether (sulfide) groups is 1. The first-order valence-corrected chi connectivity index (χ1v) is 10.5. The van der Waals surface area contributed by atoms with Gasteiger partial charge >= 0.3 is 0 Å². The summed E-state index contributed by atoms with van der Waals surface area (Å²) >= 11 is 2.76. The normalized spacial score (nSPS) is 13.0. The monoisotopic (exact) mass is 416 g/mol. The van der Waals surface area contributed by atoms with Crippen LogP contribution in [0.4, 0.5) is 15.2 Å². The van der Waals surface area contributed by atoms with Crippen LogP contribution in [-0.2, 0) is 4.79 Å². The molecule has 2 atom stereocenters. The van der Waals surface area contributed by atoms with E-state index in [2.05, 4.69) is 20.8 Å². The lowest BCUT2D eigenvalue weighted by molar-refractivity contribution is -0.120. The zero-order valence-electron chi connectivity index (χ0n) is 15.8. The summed E-state index contributed by atoms with van der Waals surface area (Å²) in [7, 11) is 0. The van der Waals surface area contributed by atoms with Crippen molar-refractivity contribution in [2.75, 3.05) is 5.32 Å². The van der Waals surface area contributed by atoms with Crippen LogP contribution in [0.5, 0.6) is 0 Å². The van der Waals surface area contributed by atoms with Gasteiger partial charge in [0.05, 0.1) is 11.3 Å². The molecule has 8 heteroatoms. The second-order valence-corrected chi connectivity index (χ2v) is 8.97. The standard InChI is InChI=1S/C20H21FN4OS2/c1-12-5-4-6-17(11-12)23-19-24-25-20(28-19)27-14(3)18(26)22-13(2)15-7-9-16(21)10-8-15/h4-11,13-14H,1-3H3,(H,22,26)(H,23,24). The fourth-order valence-electron chi connectivity index (χ4n) is 2.52. The molecule has 2 aromatic carbocycles. The molecule has 28 heavy (non-hydrogen) atoms. The van der Waals surface area contributed by atoms with Crippen molar-refractivity contribution in [3.63, 3.8) is 0 Å². The largest absolute Gasteiger partial charge is 0.349 e. The van der Waals surface area contributed by atoms with Crippen molar-refractivity contribution in [1.82, 2.24) is 15.5 Å². The summed E-state index contributed by atoms with van der Waals surface area (Å²) < 4.78 is 13.7. The maximum absolute atomic E-state index is 13.0. The van der Waals surface area contributed by atoms with Crippen LogP contribution in [0.1, 0.15) is 31.0 Å². The molecule has 2 unspecified atom stereocenters. The molecule has 3 rings (SSSR count). The van der Waals surface area contributed by atoms with E-state index in [0.717, 1.165) is 16.8 Å². The van der Waals surface area contributed by atoms with Crippen LogP contribution in [0.15, 0.2) is 52.9 Å². The predicted molar refractivity (Wildman–Crippen MR) is 113 cm³/mol. The van der Waals surface area contributed by atoms with E-state index in [4.69, 9.17) is 0 Å². The van der Waals surface area contributed by atoms with Gasteiger partial charge in [-0.3, -0.25) is 4.79 Å². The van der Waals surface area contributed by atoms with Gasteiger partial charge in [-0.1, -0.05) is 47.4 Å². The average molecular weight is 417 g/mol. The van der Waals surface area contributed by atoms with E-state index in [9.17, 15) is 9.18 Å². The lowest BCUT2D eigenvalue weighted by Gasteiger charge is -2.17. The number of carbonyl (C=O) groups is 1. The van der Waals surface area contributed by atoms with Crippen LogP contribution in [0.25, 0.3) is 0 Å². The van der Waals surface area contributed by atoms with Gasteiger partial charge in [0, 0.05) is 5.69 Å². The van der Waals surface area contributed by atoms with Gasteiger partial charge < -0.3 is 10.6 Å². The van der Waals surface area contributed by atoms with Crippen molar-refractivity contribution in [3.05, 3.63) is 65.5 Å². The number of anilines is 2. The third-order valence-electron chi connectivity index (χ3n) is 4.05. The predicted octanol–water partition coefficient (Wildman–Crippen LogP) is 5.09. The number of rotatable bonds is 7. The van der Waals surface area contributed by atoms with E-state index in [1.54, 1.807) is 12.1 Å². The highest BCUT2D eigenvalue weighted by Crippen LogP contribution is 2.31. The number of amides is 1. The van der Waals surface area contributed by atoms with Crippen LogP contribution in [-0.4, -0.2) is 21.4 Å². The molecule has 0 radical (unpaired) electrons. The lowest BCUT2D eigenvalue weighted by atomic mass is 10.1. The number of hydrogen-bond acceptors (Lipinski definition) is 6. The summed E-state index contributed by atoms with van der Waals surface area (Å²) in [6.45, 7) is 5.73. The van der Waals surface area contributed by atoms with Crippen LogP contribution >= 0.6 is 23.1 Å². The Labute approximate surface area is 171 Å². The van der Waals surface area contributed by atoms with Crippen LogP contribution in [0.2, 0.25) is 0 Å². The summed E-state index contributed by atoms with van der Waals surface area (Å²) in [4.78, 5) is 12.5. The minimum atomic E-state index is -0.331. The number of carbonyl (C=O) groups excluding carboxylic acids is 1. The molecule has 0 aliphatic heterocycles. The molecular formula is C20H21FN4OS2. The van der Waals surface area contributed by atoms with Crippen molar-refractivity contribution in [1.29, 1.82) is 0 Å². The average Bonchev–Trinajstić information content (AvgIpc) is 3.09. The van der Waals surface area contributed by atoms with E-state index < -0.39 is 0 Å². The molecule has 0 fully saturated rings. The molecule has 5 nitrogen and oxygen atoms in total. The summed E-state index contributed by atoms with van der Waals surface area (Å²) in [6.07, 6.45) is 0. The number of nitrogens with zero attached hydrogens (tertiary/aromatic N) is 2. The van der Waals surface area contributed by atoms with Crippen LogP contribution in [0, 0.1) is 12.7 Å². The fourth-order valence-corrected chi connectivity index (χ4v) is 4.45. The van der Waals surface area contributed by atoms with E-state index >= 15 is 0 Å². The zero-order valence-corrected chi connectivity index (χ0v) is 17.4. The van der Waals surface area contributed by atoms with Gasteiger partial charge in [0.15, 0.2) is 4.34 Å². The van der Waals surface area contributed by atoms with Gasteiger partial charge in [0.2, 0.25) is 11.0 Å². The molecule has 0 bridgehead atoms. The van der Waals surface area contributed by atoms with E-state index in [0.29, 0.717) is 9.47 Å². The zero-order chi connectivity index (χ0) is 20.1. The number of aryl methyl sites for hydroxylation is 1. The van der Waals surface area contributed by atoms with Gasteiger partial charge in [0.25, 0.3) is 0 Å². The molecule has 1 heterocycles. The van der Waals surface area contributed by atoms with Gasteiger partial charge in [-0.25, -0.2) is 4.39 Å². The number of hydrogen-bond donors (Lipinski definition) is 2. The second kappa shape index (κ2) is 9.16. The molecule has 3 aromatic rings. The fraction of sp³-hybridized carbons (Fsp3) is 0.250. The molecule has 0 saturated heterocycles. The van der Waals surface area contributed by atoms with Crippen molar-refractivity contribution in [3.8, 4) is 0 Å². The molecule has 0 aliphatic rings. The number of halogens is 1.